The summed E-state index contributed by atoms with van der Waals surface area (Å²) in [5, 5.41) is 3.43. The number of aryl methyl sites for hydroxylation is 1. The zero-order chi connectivity index (χ0) is 13.7. The highest BCUT2D eigenvalue weighted by Gasteiger charge is 2.21. The molecule has 104 valence electrons. The molecule has 0 bridgehead atoms. The lowest BCUT2D eigenvalue weighted by Crippen LogP contribution is -2.34. The second-order valence-corrected chi connectivity index (χ2v) is 5.99. The number of piperidine rings is 1. The maximum absolute atomic E-state index is 12.2. The van der Waals surface area contributed by atoms with Crippen molar-refractivity contribution in [3.05, 3.63) is 35.4 Å². The van der Waals surface area contributed by atoms with Crippen LogP contribution in [0, 0.1) is 18.8 Å². The van der Waals surface area contributed by atoms with E-state index in [2.05, 4.69) is 37.4 Å². The summed E-state index contributed by atoms with van der Waals surface area (Å²) >= 11 is 0. The van der Waals surface area contributed by atoms with Crippen molar-refractivity contribution in [2.24, 2.45) is 11.8 Å². The monoisotopic (exact) mass is 259 g/mol. The molecule has 1 heterocycles. The van der Waals surface area contributed by atoms with Crippen molar-refractivity contribution in [2.45, 2.75) is 39.5 Å². The topological polar surface area (TPSA) is 29.1 Å². The van der Waals surface area contributed by atoms with Crippen molar-refractivity contribution in [3.8, 4) is 0 Å². The van der Waals surface area contributed by atoms with Gasteiger partial charge in [-0.15, -0.1) is 0 Å². The highest BCUT2D eigenvalue weighted by Crippen LogP contribution is 2.23. The average Bonchev–Trinajstić information content (AvgIpc) is 2.39. The molecule has 1 aliphatic rings. The van der Waals surface area contributed by atoms with E-state index >= 15 is 0 Å². The Balaban J connectivity index is 1.83. The standard InChI is InChI=1S/C17H25NO/c1-13-5-3-6-15(9-13)11-17(19)10-14(2)16-7-4-8-18-12-16/h3,5-6,9,14,16,18H,4,7-8,10-12H2,1-2H3. The molecule has 0 aromatic heterocycles. The SMILES string of the molecule is Cc1cccc(CC(=O)CC(C)C2CCCNC2)c1. The van der Waals surface area contributed by atoms with E-state index in [0.717, 1.165) is 25.1 Å². The number of hydrogen-bond acceptors (Lipinski definition) is 2. The summed E-state index contributed by atoms with van der Waals surface area (Å²) in [5.74, 6) is 1.56. The summed E-state index contributed by atoms with van der Waals surface area (Å²) in [4.78, 5) is 12.2. The van der Waals surface area contributed by atoms with Gasteiger partial charge < -0.3 is 5.32 Å². The van der Waals surface area contributed by atoms with E-state index in [9.17, 15) is 4.79 Å². The highest BCUT2D eigenvalue weighted by atomic mass is 16.1. The Morgan fingerprint density at radius 1 is 1.47 bits per heavy atom. The van der Waals surface area contributed by atoms with Crippen molar-refractivity contribution in [2.75, 3.05) is 13.1 Å². The minimum atomic E-state index is 0.378. The van der Waals surface area contributed by atoms with Gasteiger partial charge in [0.2, 0.25) is 0 Å². The quantitative estimate of drug-likeness (QED) is 0.880. The second-order valence-electron chi connectivity index (χ2n) is 5.99. The molecule has 1 aromatic rings. The van der Waals surface area contributed by atoms with Gasteiger partial charge in [-0.25, -0.2) is 0 Å². The zero-order valence-electron chi connectivity index (χ0n) is 12.1. The van der Waals surface area contributed by atoms with Crippen LogP contribution in [-0.4, -0.2) is 18.9 Å². The molecule has 0 spiro atoms. The molecule has 1 aromatic carbocycles. The highest BCUT2D eigenvalue weighted by molar-refractivity contribution is 5.81. The molecule has 2 unspecified atom stereocenters. The van der Waals surface area contributed by atoms with Crippen LogP contribution in [0.1, 0.15) is 37.3 Å². The van der Waals surface area contributed by atoms with Crippen LogP contribution in [0.4, 0.5) is 0 Å². The average molecular weight is 259 g/mol. The molecule has 0 saturated carbocycles. The summed E-state index contributed by atoms with van der Waals surface area (Å²) in [7, 11) is 0. The predicted molar refractivity (Wildman–Crippen MR) is 79.3 cm³/mol. The number of benzene rings is 1. The Morgan fingerprint density at radius 3 is 3.00 bits per heavy atom. The van der Waals surface area contributed by atoms with E-state index in [1.54, 1.807) is 0 Å². The lowest BCUT2D eigenvalue weighted by molar-refractivity contribution is -0.119. The fraction of sp³-hybridized carbons (Fsp3) is 0.588. The van der Waals surface area contributed by atoms with Crippen molar-refractivity contribution < 1.29 is 4.79 Å². The lowest BCUT2D eigenvalue weighted by Gasteiger charge is -2.28. The first-order valence-electron chi connectivity index (χ1n) is 7.43. The minimum absolute atomic E-state index is 0.378. The van der Waals surface area contributed by atoms with Crippen LogP contribution >= 0.6 is 0 Å². The fourth-order valence-electron chi connectivity index (χ4n) is 3.01. The zero-order valence-corrected chi connectivity index (χ0v) is 12.1. The molecule has 1 saturated heterocycles. The summed E-state index contributed by atoms with van der Waals surface area (Å²) in [6.45, 7) is 6.52. The van der Waals surface area contributed by atoms with E-state index < -0.39 is 0 Å². The van der Waals surface area contributed by atoms with E-state index in [0.29, 0.717) is 24.0 Å². The number of carbonyl (C=O) groups is 1. The molecule has 0 amide bonds. The van der Waals surface area contributed by atoms with E-state index in [1.165, 1.54) is 18.4 Å². The third-order valence-corrected chi connectivity index (χ3v) is 4.17. The Hall–Kier alpha value is -1.15. The summed E-state index contributed by atoms with van der Waals surface area (Å²) in [5.41, 5.74) is 2.38. The van der Waals surface area contributed by atoms with Gasteiger partial charge in [-0.05, 0) is 50.3 Å². The van der Waals surface area contributed by atoms with Gasteiger partial charge in [0.1, 0.15) is 5.78 Å². The number of carbonyl (C=O) groups excluding carboxylic acids is 1. The molecule has 2 rings (SSSR count). The predicted octanol–water partition coefficient (Wildman–Crippen LogP) is 3.13. The molecule has 2 atom stereocenters. The van der Waals surface area contributed by atoms with Gasteiger partial charge in [-0.1, -0.05) is 36.8 Å². The van der Waals surface area contributed by atoms with Gasteiger partial charge in [-0.3, -0.25) is 4.79 Å². The van der Waals surface area contributed by atoms with Gasteiger partial charge >= 0.3 is 0 Å². The summed E-state index contributed by atoms with van der Waals surface area (Å²) in [6, 6.07) is 8.28. The third-order valence-electron chi connectivity index (χ3n) is 4.17. The van der Waals surface area contributed by atoms with Crippen LogP contribution in [0.3, 0.4) is 0 Å². The molecule has 1 aliphatic heterocycles. The molecule has 1 fully saturated rings. The van der Waals surface area contributed by atoms with Crippen LogP contribution in [0.5, 0.6) is 0 Å². The third kappa shape index (κ3) is 4.46. The Labute approximate surface area is 116 Å². The van der Waals surface area contributed by atoms with Crippen LogP contribution < -0.4 is 5.32 Å². The van der Waals surface area contributed by atoms with Crippen LogP contribution in [-0.2, 0) is 11.2 Å². The maximum Gasteiger partial charge on any atom is 0.137 e. The molecular formula is C17H25NO. The van der Waals surface area contributed by atoms with Gasteiger partial charge in [-0.2, -0.15) is 0 Å². The van der Waals surface area contributed by atoms with Gasteiger partial charge in [0, 0.05) is 12.8 Å². The number of hydrogen-bond donors (Lipinski definition) is 1. The maximum atomic E-state index is 12.2. The van der Waals surface area contributed by atoms with Gasteiger partial charge in [0.05, 0.1) is 0 Å². The smallest absolute Gasteiger partial charge is 0.137 e. The molecule has 19 heavy (non-hydrogen) atoms. The molecule has 2 heteroatoms. The Morgan fingerprint density at radius 2 is 2.32 bits per heavy atom. The first kappa shape index (κ1) is 14.3. The van der Waals surface area contributed by atoms with Crippen molar-refractivity contribution in [1.29, 1.82) is 0 Å². The van der Waals surface area contributed by atoms with E-state index in [-0.39, 0.29) is 0 Å². The first-order valence-corrected chi connectivity index (χ1v) is 7.43. The fourth-order valence-corrected chi connectivity index (χ4v) is 3.01. The molecular weight excluding hydrogens is 234 g/mol. The van der Waals surface area contributed by atoms with Crippen molar-refractivity contribution in [3.63, 3.8) is 0 Å². The minimum Gasteiger partial charge on any atom is -0.316 e. The normalized spacial score (nSPS) is 21.1. The van der Waals surface area contributed by atoms with E-state index in [4.69, 9.17) is 0 Å². The van der Waals surface area contributed by atoms with Crippen LogP contribution in [0.15, 0.2) is 24.3 Å². The molecule has 1 N–H and O–H groups in total. The van der Waals surface area contributed by atoms with Crippen LogP contribution in [0.25, 0.3) is 0 Å². The number of ketones is 1. The Bertz CT molecular complexity index is 421. The number of rotatable bonds is 5. The largest absolute Gasteiger partial charge is 0.316 e. The first-order chi connectivity index (χ1) is 9.15. The van der Waals surface area contributed by atoms with Gasteiger partial charge in [0.25, 0.3) is 0 Å². The lowest BCUT2D eigenvalue weighted by atomic mass is 9.83. The molecule has 0 radical (unpaired) electrons. The van der Waals surface area contributed by atoms with Gasteiger partial charge in [0.15, 0.2) is 0 Å². The second kappa shape index (κ2) is 6.85. The number of Topliss-reactive ketones (excluding diaryl/α,β-unsaturated/α-hetero) is 1. The molecule has 0 aliphatic carbocycles. The van der Waals surface area contributed by atoms with Crippen LogP contribution in [0.2, 0.25) is 0 Å². The van der Waals surface area contributed by atoms with Crippen molar-refractivity contribution in [1.82, 2.24) is 5.32 Å². The summed E-state index contributed by atoms with van der Waals surface area (Å²) in [6.07, 6.45) is 3.83. The summed E-state index contributed by atoms with van der Waals surface area (Å²) < 4.78 is 0. The molecule has 2 nitrogen and oxygen atoms in total. The van der Waals surface area contributed by atoms with Crippen molar-refractivity contribution >= 4 is 5.78 Å². The Kier molecular flexibility index (Phi) is 5.15. The number of nitrogens with one attached hydrogen (secondary N) is 1. The van der Waals surface area contributed by atoms with E-state index in [1.807, 2.05) is 6.07 Å².